The van der Waals surface area contributed by atoms with Crippen molar-refractivity contribution >= 4 is 6.09 Å². The van der Waals surface area contributed by atoms with Crippen molar-refractivity contribution in [3.05, 3.63) is 29.8 Å². The van der Waals surface area contributed by atoms with Crippen LogP contribution in [0, 0.1) is 0 Å². The molecule has 0 spiro atoms. The van der Waals surface area contributed by atoms with Crippen LogP contribution >= 0.6 is 0 Å². The predicted molar refractivity (Wildman–Crippen MR) is 76.4 cm³/mol. The number of ether oxygens (including phenoxy) is 1. The number of carbonyl (C=O) groups is 1. The Balaban J connectivity index is 2.26. The van der Waals surface area contributed by atoms with Crippen molar-refractivity contribution in [1.29, 1.82) is 0 Å². The van der Waals surface area contributed by atoms with Crippen LogP contribution in [0.15, 0.2) is 24.3 Å². The van der Waals surface area contributed by atoms with Gasteiger partial charge in [-0.2, -0.15) is 0 Å². The van der Waals surface area contributed by atoms with Crippen molar-refractivity contribution in [3.8, 4) is 5.75 Å². The second-order valence-electron chi connectivity index (χ2n) is 6.13. The zero-order valence-corrected chi connectivity index (χ0v) is 12.2. The van der Waals surface area contributed by atoms with Crippen LogP contribution < -0.4 is 5.73 Å². The molecule has 2 rings (SSSR count). The van der Waals surface area contributed by atoms with Crippen molar-refractivity contribution in [2.75, 3.05) is 6.54 Å². The highest BCUT2D eigenvalue weighted by Gasteiger charge is 2.39. The van der Waals surface area contributed by atoms with Crippen LogP contribution in [0.25, 0.3) is 0 Å². The van der Waals surface area contributed by atoms with Gasteiger partial charge in [-0.3, -0.25) is 4.90 Å². The lowest BCUT2D eigenvalue weighted by Gasteiger charge is -2.30. The SMILES string of the molecule is CC(C)(C)OC(=O)N1CCC(N)C1c1ccccc1O. The quantitative estimate of drug-likeness (QED) is 0.827. The van der Waals surface area contributed by atoms with Gasteiger partial charge in [-0.25, -0.2) is 4.79 Å². The number of phenols is 1. The Morgan fingerprint density at radius 3 is 2.65 bits per heavy atom. The summed E-state index contributed by atoms with van der Waals surface area (Å²) in [5, 5.41) is 9.99. The summed E-state index contributed by atoms with van der Waals surface area (Å²) in [4.78, 5) is 13.9. The largest absolute Gasteiger partial charge is 0.508 e. The molecule has 1 fully saturated rings. The first kappa shape index (κ1) is 14.7. The molecule has 110 valence electrons. The van der Waals surface area contributed by atoms with Gasteiger partial charge in [-0.05, 0) is 33.3 Å². The molecule has 3 N–H and O–H groups in total. The van der Waals surface area contributed by atoms with Gasteiger partial charge in [0.2, 0.25) is 0 Å². The maximum atomic E-state index is 12.3. The van der Waals surface area contributed by atoms with Crippen LogP contribution in [0.4, 0.5) is 4.79 Å². The van der Waals surface area contributed by atoms with E-state index in [4.69, 9.17) is 10.5 Å². The van der Waals surface area contributed by atoms with E-state index in [0.717, 1.165) is 0 Å². The number of amides is 1. The summed E-state index contributed by atoms with van der Waals surface area (Å²) in [5.41, 5.74) is 6.23. The van der Waals surface area contributed by atoms with E-state index in [0.29, 0.717) is 18.5 Å². The summed E-state index contributed by atoms with van der Waals surface area (Å²) < 4.78 is 5.41. The smallest absolute Gasteiger partial charge is 0.410 e. The molecule has 20 heavy (non-hydrogen) atoms. The van der Waals surface area contributed by atoms with E-state index in [9.17, 15) is 9.90 Å². The molecule has 2 unspecified atom stereocenters. The van der Waals surface area contributed by atoms with Crippen molar-refractivity contribution in [1.82, 2.24) is 4.90 Å². The number of likely N-dealkylation sites (tertiary alicyclic amines) is 1. The van der Waals surface area contributed by atoms with E-state index >= 15 is 0 Å². The third kappa shape index (κ3) is 3.04. The van der Waals surface area contributed by atoms with Crippen LogP contribution in [-0.2, 0) is 4.74 Å². The topological polar surface area (TPSA) is 75.8 Å². The molecule has 1 aromatic carbocycles. The highest BCUT2D eigenvalue weighted by atomic mass is 16.6. The molecular formula is C15H22N2O3. The molecule has 5 heteroatoms. The Hall–Kier alpha value is -1.75. The molecule has 1 amide bonds. The summed E-state index contributed by atoms with van der Waals surface area (Å²) >= 11 is 0. The molecule has 1 aliphatic heterocycles. The first-order valence-corrected chi connectivity index (χ1v) is 6.82. The van der Waals surface area contributed by atoms with Crippen molar-refractivity contribution in [2.24, 2.45) is 5.73 Å². The van der Waals surface area contributed by atoms with Crippen LogP contribution in [0.3, 0.4) is 0 Å². The molecule has 1 aliphatic rings. The lowest BCUT2D eigenvalue weighted by molar-refractivity contribution is 0.0217. The Morgan fingerprint density at radius 1 is 1.40 bits per heavy atom. The number of nitrogens with two attached hydrogens (primary N) is 1. The van der Waals surface area contributed by atoms with E-state index < -0.39 is 11.7 Å². The van der Waals surface area contributed by atoms with E-state index in [1.807, 2.05) is 26.8 Å². The van der Waals surface area contributed by atoms with Crippen LogP contribution in [0.1, 0.15) is 38.8 Å². The van der Waals surface area contributed by atoms with Crippen LogP contribution in [0.5, 0.6) is 5.75 Å². The summed E-state index contributed by atoms with van der Waals surface area (Å²) in [7, 11) is 0. The van der Waals surface area contributed by atoms with E-state index in [-0.39, 0.29) is 17.8 Å². The molecule has 0 bridgehead atoms. The summed E-state index contributed by atoms with van der Waals surface area (Å²) in [5.74, 6) is 0.156. The molecule has 2 atom stereocenters. The highest BCUT2D eigenvalue weighted by Crippen LogP contribution is 2.36. The monoisotopic (exact) mass is 278 g/mol. The summed E-state index contributed by atoms with van der Waals surface area (Å²) in [6.07, 6.45) is 0.303. The lowest BCUT2D eigenvalue weighted by atomic mass is 10.00. The zero-order valence-electron chi connectivity index (χ0n) is 12.2. The van der Waals surface area contributed by atoms with Crippen molar-refractivity contribution in [3.63, 3.8) is 0 Å². The second-order valence-corrected chi connectivity index (χ2v) is 6.13. The number of hydrogen-bond acceptors (Lipinski definition) is 4. The van der Waals surface area contributed by atoms with Gasteiger partial charge in [0.15, 0.2) is 0 Å². The number of carbonyl (C=O) groups excluding carboxylic acids is 1. The molecule has 1 aromatic rings. The zero-order chi connectivity index (χ0) is 14.9. The van der Waals surface area contributed by atoms with Gasteiger partial charge in [0.05, 0.1) is 6.04 Å². The van der Waals surface area contributed by atoms with Crippen molar-refractivity contribution in [2.45, 2.75) is 44.9 Å². The van der Waals surface area contributed by atoms with Gasteiger partial charge >= 0.3 is 6.09 Å². The number of nitrogens with zero attached hydrogens (tertiary/aromatic N) is 1. The maximum Gasteiger partial charge on any atom is 0.410 e. The Labute approximate surface area is 119 Å². The standard InChI is InChI=1S/C15H22N2O3/c1-15(2,3)20-14(19)17-9-8-11(16)13(17)10-6-4-5-7-12(10)18/h4-7,11,13,18H,8-9,16H2,1-3H3. The van der Waals surface area contributed by atoms with Gasteiger partial charge < -0.3 is 15.6 Å². The highest BCUT2D eigenvalue weighted by molar-refractivity contribution is 5.69. The molecule has 0 radical (unpaired) electrons. The minimum Gasteiger partial charge on any atom is -0.508 e. The number of hydrogen-bond donors (Lipinski definition) is 2. The number of phenolic OH excluding ortho intramolecular Hbond substituents is 1. The fourth-order valence-corrected chi connectivity index (χ4v) is 2.48. The second kappa shape index (κ2) is 5.32. The summed E-state index contributed by atoms with van der Waals surface area (Å²) in [6.45, 7) is 6.02. The molecule has 1 saturated heterocycles. The average molecular weight is 278 g/mol. The van der Waals surface area contributed by atoms with Gasteiger partial charge in [0.25, 0.3) is 0 Å². The molecule has 5 nitrogen and oxygen atoms in total. The number of para-hydroxylation sites is 1. The third-order valence-electron chi connectivity index (χ3n) is 3.33. The normalized spacial score (nSPS) is 22.9. The third-order valence-corrected chi connectivity index (χ3v) is 3.33. The molecule has 0 aromatic heterocycles. The minimum absolute atomic E-state index is 0.156. The van der Waals surface area contributed by atoms with Gasteiger partial charge in [-0.1, -0.05) is 18.2 Å². The van der Waals surface area contributed by atoms with Crippen LogP contribution in [0.2, 0.25) is 0 Å². The Kier molecular flexibility index (Phi) is 3.90. The van der Waals surface area contributed by atoms with E-state index in [1.54, 1.807) is 23.1 Å². The number of rotatable bonds is 1. The Morgan fingerprint density at radius 2 is 2.05 bits per heavy atom. The van der Waals surface area contributed by atoms with Gasteiger partial charge in [0.1, 0.15) is 11.4 Å². The van der Waals surface area contributed by atoms with Gasteiger partial charge in [-0.15, -0.1) is 0 Å². The lowest BCUT2D eigenvalue weighted by Crippen LogP contribution is -2.39. The number of benzene rings is 1. The average Bonchev–Trinajstić information content (AvgIpc) is 2.70. The molecule has 0 saturated carbocycles. The molecule has 0 aliphatic carbocycles. The fourth-order valence-electron chi connectivity index (χ4n) is 2.48. The molecule has 1 heterocycles. The van der Waals surface area contributed by atoms with Crippen molar-refractivity contribution < 1.29 is 14.6 Å². The first-order valence-electron chi connectivity index (χ1n) is 6.82. The Bertz CT molecular complexity index is 496. The molecular weight excluding hydrogens is 256 g/mol. The summed E-state index contributed by atoms with van der Waals surface area (Å²) in [6, 6.07) is 6.43. The first-order chi connectivity index (χ1) is 9.29. The van der Waals surface area contributed by atoms with Gasteiger partial charge in [0, 0.05) is 18.2 Å². The minimum atomic E-state index is -0.549. The van der Waals surface area contributed by atoms with Crippen LogP contribution in [-0.4, -0.2) is 34.3 Å². The van der Waals surface area contributed by atoms with E-state index in [2.05, 4.69) is 0 Å². The predicted octanol–water partition coefficient (Wildman–Crippen LogP) is 2.40. The number of aromatic hydroxyl groups is 1. The maximum absolute atomic E-state index is 12.3. The fraction of sp³-hybridized carbons (Fsp3) is 0.533. The van der Waals surface area contributed by atoms with E-state index in [1.165, 1.54) is 0 Å².